The van der Waals surface area contributed by atoms with Crippen LogP contribution in [-0.2, 0) is 23.0 Å². The van der Waals surface area contributed by atoms with E-state index in [2.05, 4.69) is 5.10 Å². The Morgan fingerprint density at radius 2 is 1.50 bits per heavy atom. The van der Waals surface area contributed by atoms with Gasteiger partial charge >= 0.3 is 0 Å². The zero-order valence-electron chi connectivity index (χ0n) is 17.9. The van der Waals surface area contributed by atoms with Gasteiger partial charge in [-0.25, -0.2) is 8.42 Å². The number of nitrogens with zero attached hydrogens (tertiary/aromatic N) is 4. The number of hydrogen-bond donors (Lipinski definition) is 0. The smallest absolute Gasteiger partial charge is 0.257 e. The number of hydrogen-bond acceptors (Lipinski definition) is 4. The minimum atomic E-state index is -3.60. The molecule has 0 bridgehead atoms. The third kappa shape index (κ3) is 3.84. The van der Waals surface area contributed by atoms with Crippen molar-refractivity contribution in [1.82, 2.24) is 19.0 Å². The molecule has 0 atom stereocenters. The predicted octanol–water partition coefficient (Wildman–Crippen LogP) is 3.03. The second-order valence-corrected chi connectivity index (χ2v) is 10.2. The summed E-state index contributed by atoms with van der Waals surface area (Å²) < 4.78 is 29.7. The van der Waals surface area contributed by atoms with Gasteiger partial charge in [0, 0.05) is 32.7 Å². The number of aromatic nitrogens is 2. The van der Waals surface area contributed by atoms with E-state index in [-0.39, 0.29) is 23.9 Å². The average Bonchev–Trinajstić information content (AvgIpc) is 3.28. The summed E-state index contributed by atoms with van der Waals surface area (Å²) >= 11 is 0. The Balaban J connectivity index is 1.26. The first-order valence-corrected chi connectivity index (χ1v) is 12.5. The number of sulfonamides is 1. The highest BCUT2D eigenvalue weighted by Gasteiger charge is 2.32. The van der Waals surface area contributed by atoms with Gasteiger partial charge in [0.1, 0.15) is 0 Å². The highest BCUT2D eigenvalue weighted by molar-refractivity contribution is 7.89. The summed E-state index contributed by atoms with van der Waals surface area (Å²) in [5.41, 5.74) is 3.70. The molecular weight excluding hydrogens is 424 g/mol. The van der Waals surface area contributed by atoms with E-state index in [1.807, 2.05) is 47.1 Å². The first-order valence-electron chi connectivity index (χ1n) is 11.0. The van der Waals surface area contributed by atoms with Gasteiger partial charge in [0.05, 0.1) is 22.3 Å². The van der Waals surface area contributed by atoms with Gasteiger partial charge in [0.2, 0.25) is 10.0 Å². The second-order valence-electron chi connectivity index (χ2n) is 8.27. The van der Waals surface area contributed by atoms with Gasteiger partial charge in [0.25, 0.3) is 5.91 Å². The van der Waals surface area contributed by atoms with Crippen molar-refractivity contribution in [3.05, 3.63) is 72.1 Å². The Kier molecular flexibility index (Phi) is 5.57. The molecule has 3 heterocycles. The molecule has 1 fully saturated rings. The summed E-state index contributed by atoms with van der Waals surface area (Å²) in [5, 5.41) is 4.36. The third-order valence-electron chi connectivity index (χ3n) is 6.34. The number of carbonyl (C=O) groups excluding carboxylic acids is 1. The van der Waals surface area contributed by atoms with Crippen LogP contribution in [-0.4, -0.2) is 59.5 Å². The van der Waals surface area contributed by atoms with Gasteiger partial charge in [-0.3, -0.25) is 9.48 Å². The van der Waals surface area contributed by atoms with E-state index < -0.39 is 10.0 Å². The molecule has 2 aliphatic heterocycles. The summed E-state index contributed by atoms with van der Waals surface area (Å²) in [4.78, 5) is 15.1. The number of aryl methyl sites for hydroxylation is 1. The molecule has 0 spiro atoms. The van der Waals surface area contributed by atoms with E-state index in [4.69, 9.17) is 0 Å². The van der Waals surface area contributed by atoms with Gasteiger partial charge < -0.3 is 4.90 Å². The number of rotatable bonds is 4. The second kappa shape index (κ2) is 8.52. The van der Waals surface area contributed by atoms with Crippen molar-refractivity contribution in [2.24, 2.45) is 0 Å². The molecule has 0 unspecified atom stereocenters. The van der Waals surface area contributed by atoms with E-state index in [9.17, 15) is 13.2 Å². The molecule has 0 aliphatic carbocycles. The number of benzene rings is 2. The lowest BCUT2D eigenvalue weighted by atomic mass is 10.1. The fourth-order valence-corrected chi connectivity index (χ4v) is 5.92. The minimum absolute atomic E-state index is 0.0441. The lowest BCUT2D eigenvalue weighted by Gasteiger charge is -2.34. The van der Waals surface area contributed by atoms with Gasteiger partial charge in [-0.05, 0) is 42.5 Å². The molecule has 1 saturated heterocycles. The van der Waals surface area contributed by atoms with Crippen molar-refractivity contribution < 1.29 is 13.2 Å². The standard InChI is InChI=1S/C24H26N4O3S/c29-24(22-18-25-28-13-5-4-8-23(22)28)26-14-16-27(17-15-26)32(30,31)21-11-9-20(10-12-21)19-6-2-1-3-7-19/h1-3,6-7,9-12,18H,4-5,8,13-17H2. The monoisotopic (exact) mass is 450 g/mol. The molecule has 5 rings (SSSR count). The molecule has 0 saturated carbocycles. The van der Waals surface area contributed by atoms with Gasteiger partial charge in [0.15, 0.2) is 0 Å². The Morgan fingerprint density at radius 1 is 0.812 bits per heavy atom. The minimum Gasteiger partial charge on any atom is -0.336 e. The normalized spacial score (nSPS) is 17.2. The van der Waals surface area contributed by atoms with Crippen molar-refractivity contribution in [3.63, 3.8) is 0 Å². The van der Waals surface area contributed by atoms with Crippen LogP contribution in [0.15, 0.2) is 65.7 Å². The quantitative estimate of drug-likeness (QED) is 0.612. The van der Waals surface area contributed by atoms with Crippen LogP contribution in [0.25, 0.3) is 11.1 Å². The summed E-state index contributed by atoms with van der Waals surface area (Å²) in [6.45, 7) is 2.20. The molecule has 1 amide bonds. The highest BCUT2D eigenvalue weighted by atomic mass is 32.2. The summed E-state index contributed by atoms with van der Waals surface area (Å²) in [6.07, 6.45) is 4.70. The van der Waals surface area contributed by atoms with E-state index in [1.54, 1.807) is 23.2 Å². The zero-order chi connectivity index (χ0) is 22.1. The summed E-state index contributed by atoms with van der Waals surface area (Å²) in [6, 6.07) is 16.9. The molecule has 1 aromatic heterocycles. The van der Waals surface area contributed by atoms with E-state index in [0.29, 0.717) is 18.7 Å². The zero-order valence-corrected chi connectivity index (χ0v) is 18.7. The van der Waals surface area contributed by atoms with Gasteiger partial charge in [-0.1, -0.05) is 42.5 Å². The maximum Gasteiger partial charge on any atom is 0.257 e. The van der Waals surface area contributed by atoms with Crippen LogP contribution in [0.4, 0.5) is 0 Å². The van der Waals surface area contributed by atoms with E-state index in [1.165, 1.54) is 4.31 Å². The Bertz CT molecular complexity index is 1210. The van der Waals surface area contributed by atoms with Crippen LogP contribution in [0.3, 0.4) is 0 Å². The predicted molar refractivity (Wildman–Crippen MR) is 122 cm³/mol. The molecule has 7 nitrogen and oxygen atoms in total. The molecule has 2 aliphatic rings. The Morgan fingerprint density at radius 3 is 2.22 bits per heavy atom. The van der Waals surface area contributed by atoms with E-state index >= 15 is 0 Å². The van der Waals surface area contributed by atoms with Crippen molar-refractivity contribution in [1.29, 1.82) is 0 Å². The largest absolute Gasteiger partial charge is 0.336 e. The maximum atomic E-state index is 13.1. The Hall–Kier alpha value is -2.97. The van der Waals surface area contributed by atoms with Crippen molar-refractivity contribution >= 4 is 15.9 Å². The number of amides is 1. The number of fused-ring (bicyclic) bond motifs is 1. The first-order chi connectivity index (χ1) is 15.5. The maximum absolute atomic E-state index is 13.1. The Labute approximate surface area is 188 Å². The average molecular weight is 451 g/mol. The van der Waals surface area contributed by atoms with Crippen molar-refractivity contribution in [2.45, 2.75) is 30.7 Å². The molecule has 3 aromatic rings. The van der Waals surface area contributed by atoms with Crippen LogP contribution in [0.5, 0.6) is 0 Å². The lowest BCUT2D eigenvalue weighted by Crippen LogP contribution is -2.50. The van der Waals surface area contributed by atoms with E-state index in [0.717, 1.165) is 42.6 Å². The fraction of sp³-hybridized carbons (Fsp3) is 0.333. The topological polar surface area (TPSA) is 75.5 Å². The van der Waals surface area contributed by atoms with Gasteiger partial charge in [-0.15, -0.1) is 0 Å². The van der Waals surface area contributed by atoms with Crippen LogP contribution in [0.1, 0.15) is 28.9 Å². The number of piperazine rings is 1. The van der Waals surface area contributed by atoms with Crippen molar-refractivity contribution in [3.8, 4) is 11.1 Å². The van der Waals surface area contributed by atoms with Crippen LogP contribution in [0.2, 0.25) is 0 Å². The van der Waals surface area contributed by atoms with Crippen LogP contribution < -0.4 is 0 Å². The molecule has 166 valence electrons. The highest BCUT2D eigenvalue weighted by Crippen LogP contribution is 2.25. The molecule has 0 N–H and O–H groups in total. The SMILES string of the molecule is O=C(c1cnn2c1CCCC2)N1CCN(S(=O)(=O)c2ccc(-c3ccccc3)cc2)CC1. The van der Waals surface area contributed by atoms with Crippen LogP contribution in [0, 0.1) is 0 Å². The van der Waals surface area contributed by atoms with Crippen molar-refractivity contribution in [2.75, 3.05) is 26.2 Å². The summed E-state index contributed by atoms with van der Waals surface area (Å²) in [7, 11) is -3.60. The first kappa shape index (κ1) is 20.9. The molecule has 0 radical (unpaired) electrons. The van der Waals surface area contributed by atoms with Crippen LogP contribution >= 0.6 is 0 Å². The number of carbonyl (C=O) groups is 1. The molecule has 8 heteroatoms. The summed E-state index contributed by atoms with van der Waals surface area (Å²) in [5.74, 6) is -0.0441. The lowest BCUT2D eigenvalue weighted by molar-refractivity contribution is 0.0696. The molecule has 32 heavy (non-hydrogen) atoms. The third-order valence-corrected chi connectivity index (χ3v) is 8.25. The van der Waals surface area contributed by atoms with Gasteiger partial charge in [-0.2, -0.15) is 9.40 Å². The fourth-order valence-electron chi connectivity index (χ4n) is 4.50. The molecule has 2 aromatic carbocycles. The molecular formula is C24H26N4O3S.